The standard InChI is InChI=1S/C30H45N3O4/c1-8-10-20-33(28(35)25(21(3)4)32-29(36)37-30(5,6)7)26(24-19-15-14-16-22(24)9-2)27(34)31-23-17-12-11-13-18-23/h2,14-16,19,21,23,25-26H,8,10-13,17-18,20H2,1,3-7H3,(H,31,34)(H,32,36). The monoisotopic (exact) mass is 511 g/mol. The largest absolute Gasteiger partial charge is 0.444 e. The van der Waals surface area contributed by atoms with Gasteiger partial charge < -0.3 is 20.3 Å². The Morgan fingerprint density at radius 1 is 1.14 bits per heavy atom. The Morgan fingerprint density at radius 3 is 2.35 bits per heavy atom. The van der Waals surface area contributed by atoms with Crippen LogP contribution in [0.4, 0.5) is 4.79 Å². The summed E-state index contributed by atoms with van der Waals surface area (Å²) in [4.78, 5) is 42.3. The zero-order valence-electron chi connectivity index (χ0n) is 23.4. The number of rotatable bonds is 10. The molecule has 2 N–H and O–H groups in total. The zero-order valence-corrected chi connectivity index (χ0v) is 23.4. The predicted octanol–water partition coefficient (Wildman–Crippen LogP) is 5.34. The van der Waals surface area contributed by atoms with Crippen molar-refractivity contribution < 1.29 is 19.1 Å². The van der Waals surface area contributed by atoms with Gasteiger partial charge in [0.05, 0.1) is 0 Å². The van der Waals surface area contributed by atoms with Crippen LogP contribution in [0.25, 0.3) is 0 Å². The number of benzene rings is 1. The highest BCUT2D eigenvalue weighted by molar-refractivity contribution is 5.92. The molecule has 1 fully saturated rings. The molecule has 2 unspecified atom stereocenters. The van der Waals surface area contributed by atoms with Crippen LogP contribution in [0, 0.1) is 18.3 Å². The fourth-order valence-electron chi connectivity index (χ4n) is 4.67. The first-order valence-electron chi connectivity index (χ1n) is 13.6. The summed E-state index contributed by atoms with van der Waals surface area (Å²) in [6.07, 6.45) is 11.9. The molecule has 0 radical (unpaired) electrons. The molecule has 2 rings (SSSR count). The molecule has 37 heavy (non-hydrogen) atoms. The fraction of sp³-hybridized carbons (Fsp3) is 0.633. The van der Waals surface area contributed by atoms with E-state index in [0.29, 0.717) is 24.1 Å². The van der Waals surface area contributed by atoms with Gasteiger partial charge in [-0.2, -0.15) is 0 Å². The molecule has 2 atom stereocenters. The van der Waals surface area contributed by atoms with Gasteiger partial charge >= 0.3 is 6.09 Å². The van der Waals surface area contributed by atoms with E-state index in [9.17, 15) is 14.4 Å². The van der Waals surface area contributed by atoms with Crippen LogP contribution < -0.4 is 10.6 Å². The third-order valence-corrected chi connectivity index (χ3v) is 6.56. The molecule has 1 aliphatic rings. The molecular formula is C30H45N3O4. The summed E-state index contributed by atoms with van der Waals surface area (Å²) >= 11 is 0. The van der Waals surface area contributed by atoms with E-state index >= 15 is 0 Å². The summed E-state index contributed by atoms with van der Waals surface area (Å²) in [5, 5.41) is 5.97. The molecular weight excluding hydrogens is 466 g/mol. The number of unbranched alkanes of at least 4 members (excludes halogenated alkanes) is 1. The van der Waals surface area contributed by atoms with E-state index in [4.69, 9.17) is 11.2 Å². The number of carbonyl (C=O) groups is 3. The molecule has 0 aromatic heterocycles. The zero-order chi connectivity index (χ0) is 27.6. The average molecular weight is 512 g/mol. The molecule has 0 bridgehead atoms. The van der Waals surface area contributed by atoms with Gasteiger partial charge in [-0.05, 0) is 57.6 Å². The molecule has 1 saturated carbocycles. The van der Waals surface area contributed by atoms with E-state index in [2.05, 4.69) is 16.6 Å². The van der Waals surface area contributed by atoms with E-state index in [1.54, 1.807) is 31.7 Å². The van der Waals surface area contributed by atoms with Gasteiger partial charge in [-0.25, -0.2) is 4.79 Å². The molecule has 0 heterocycles. The minimum absolute atomic E-state index is 0.0747. The average Bonchev–Trinajstić information content (AvgIpc) is 2.84. The summed E-state index contributed by atoms with van der Waals surface area (Å²) in [6, 6.07) is 5.57. The number of alkyl carbamates (subject to hydrolysis) is 1. The van der Waals surface area contributed by atoms with Crippen LogP contribution in [0.1, 0.15) is 104 Å². The molecule has 1 aromatic carbocycles. The number of nitrogens with zero attached hydrogens (tertiary/aromatic N) is 1. The first-order chi connectivity index (χ1) is 17.5. The van der Waals surface area contributed by atoms with Crippen molar-refractivity contribution in [3.63, 3.8) is 0 Å². The lowest BCUT2D eigenvalue weighted by Crippen LogP contribution is -2.55. The van der Waals surface area contributed by atoms with Gasteiger partial charge in [0.25, 0.3) is 0 Å². The van der Waals surface area contributed by atoms with Crippen molar-refractivity contribution in [3.05, 3.63) is 35.4 Å². The molecule has 0 spiro atoms. The Morgan fingerprint density at radius 2 is 1.78 bits per heavy atom. The van der Waals surface area contributed by atoms with Crippen molar-refractivity contribution in [2.45, 2.75) is 110 Å². The Labute approximate surface area is 223 Å². The highest BCUT2D eigenvalue weighted by Gasteiger charge is 2.38. The van der Waals surface area contributed by atoms with Crippen LogP contribution in [0.2, 0.25) is 0 Å². The van der Waals surface area contributed by atoms with Crippen molar-refractivity contribution in [1.82, 2.24) is 15.5 Å². The highest BCUT2D eigenvalue weighted by atomic mass is 16.6. The van der Waals surface area contributed by atoms with Gasteiger partial charge in [0.15, 0.2) is 0 Å². The smallest absolute Gasteiger partial charge is 0.408 e. The predicted molar refractivity (Wildman–Crippen MR) is 147 cm³/mol. The maximum absolute atomic E-state index is 14.1. The third-order valence-electron chi connectivity index (χ3n) is 6.56. The first-order valence-corrected chi connectivity index (χ1v) is 13.6. The molecule has 0 saturated heterocycles. The Bertz CT molecular complexity index is 954. The van der Waals surface area contributed by atoms with Crippen LogP contribution in [0.5, 0.6) is 0 Å². The van der Waals surface area contributed by atoms with Crippen molar-refractivity contribution >= 4 is 17.9 Å². The number of terminal acetylenes is 1. The topological polar surface area (TPSA) is 87.7 Å². The number of hydrogen-bond acceptors (Lipinski definition) is 4. The molecule has 1 aromatic rings. The van der Waals surface area contributed by atoms with Crippen molar-refractivity contribution in [2.24, 2.45) is 5.92 Å². The molecule has 7 heteroatoms. The van der Waals surface area contributed by atoms with Gasteiger partial charge in [-0.15, -0.1) is 6.42 Å². The Balaban J connectivity index is 2.49. The highest BCUT2D eigenvalue weighted by Crippen LogP contribution is 2.28. The van der Waals surface area contributed by atoms with Gasteiger partial charge in [-0.1, -0.05) is 70.6 Å². The minimum atomic E-state index is -0.907. The van der Waals surface area contributed by atoms with E-state index in [-0.39, 0.29) is 23.8 Å². The maximum atomic E-state index is 14.1. The van der Waals surface area contributed by atoms with Crippen molar-refractivity contribution in [1.29, 1.82) is 0 Å². The lowest BCUT2D eigenvalue weighted by atomic mass is 9.93. The fourth-order valence-corrected chi connectivity index (χ4v) is 4.67. The second-order valence-corrected chi connectivity index (χ2v) is 11.2. The summed E-state index contributed by atoms with van der Waals surface area (Å²) < 4.78 is 5.43. The van der Waals surface area contributed by atoms with Crippen LogP contribution in [-0.4, -0.2) is 47.0 Å². The van der Waals surface area contributed by atoms with Crippen molar-refractivity contribution in [3.8, 4) is 12.3 Å². The van der Waals surface area contributed by atoms with Crippen LogP contribution in [0.15, 0.2) is 24.3 Å². The van der Waals surface area contributed by atoms with Crippen molar-refractivity contribution in [2.75, 3.05) is 6.54 Å². The molecule has 0 aliphatic heterocycles. The van der Waals surface area contributed by atoms with E-state index in [1.165, 1.54) is 6.42 Å². The number of ether oxygens (including phenoxy) is 1. The minimum Gasteiger partial charge on any atom is -0.444 e. The second-order valence-electron chi connectivity index (χ2n) is 11.2. The maximum Gasteiger partial charge on any atom is 0.408 e. The summed E-state index contributed by atoms with van der Waals surface area (Å²) in [7, 11) is 0. The van der Waals surface area contributed by atoms with Gasteiger partial charge in [-0.3, -0.25) is 9.59 Å². The summed E-state index contributed by atoms with van der Waals surface area (Å²) in [5.74, 6) is 1.89. The number of nitrogens with one attached hydrogen (secondary N) is 2. The normalized spacial score (nSPS) is 15.8. The van der Waals surface area contributed by atoms with Gasteiger partial charge in [0.2, 0.25) is 11.8 Å². The van der Waals surface area contributed by atoms with E-state index in [1.807, 2.05) is 39.0 Å². The lowest BCUT2D eigenvalue weighted by Gasteiger charge is -2.37. The third kappa shape index (κ3) is 9.10. The first kappa shape index (κ1) is 30.2. The van der Waals surface area contributed by atoms with E-state index in [0.717, 1.165) is 32.1 Å². The molecule has 3 amide bonds. The van der Waals surface area contributed by atoms with Crippen LogP contribution in [-0.2, 0) is 14.3 Å². The number of carbonyl (C=O) groups excluding carboxylic acids is 3. The lowest BCUT2D eigenvalue weighted by molar-refractivity contribution is -0.143. The molecule has 204 valence electrons. The second kappa shape index (κ2) is 14.1. The van der Waals surface area contributed by atoms with Crippen LogP contribution in [0.3, 0.4) is 0 Å². The Kier molecular flexibility index (Phi) is 11.5. The molecule has 1 aliphatic carbocycles. The summed E-state index contributed by atoms with van der Waals surface area (Å²) in [6.45, 7) is 11.4. The van der Waals surface area contributed by atoms with E-state index < -0.39 is 23.8 Å². The quantitative estimate of drug-likeness (QED) is 0.415. The number of hydrogen-bond donors (Lipinski definition) is 2. The van der Waals surface area contributed by atoms with Crippen LogP contribution >= 0.6 is 0 Å². The van der Waals surface area contributed by atoms with Gasteiger partial charge in [0.1, 0.15) is 17.7 Å². The summed E-state index contributed by atoms with van der Waals surface area (Å²) in [5.41, 5.74) is 0.481. The van der Waals surface area contributed by atoms with Gasteiger partial charge in [0, 0.05) is 18.2 Å². The molecule has 7 nitrogen and oxygen atoms in total. The number of amides is 3. The SMILES string of the molecule is C#Cc1ccccc1C(C(=O)NC1CCCCC1)N(CCCC)C(=O)C(NC(=O)OC(C)(C)C)C(C)C. The Hall–Kier alpha value is -3.01.